The van der Waals surface area contributed by atoms with Gasteiger partial charge in [0.1, 0.15) is 12.4 Å². The van der Waals surface area contributed by atoms with Gasteiger partial charge in [0.15, 0.2) is 0 Å². The van der Waals surface area contributed by atoms with Crippen molar-refractivity contribution in [1.29, 1.82) is 0 Å². The number of amides is 2. The zero-order valence-corrected chi connectivity index (χ0v) is 18.7. The first-order valence-corrected chi connectivity index (χ1v) is 11.3. The summed E-state index contributed by atoms with van der Waals surface area (Å²) in [5.41, 5.74) is 2.55. The summed E-state index contributed by atoms with van der Waals surface area (Å²) in [6.45, 7) is 5.33. The molecule has 0 aliphatic heterocycles. The first-order chi connectivity index (χ1) is 15.0. The van der Waals surface area contributed by atoms with Gasteiger partial charge in [0.25, 0.3) is 5.91 Å². The lowest BCUT2D eigenvalue weighted by atomic mass is 10.1. The van der Waals surface area contributed by atoms with Crippen LogP contribution in [0.5, 0.6) is 0 Å². The Labute approximate surface area is 186 Å². The van der Waals surface area contributed by atoms with Crippen molar-refractivity contribution in [3.8, 4) is 0 Å². The van der Waals surface area contributed by atoms with Crippen molar-refractivity contribution >= 4 is 23.2 Å². The molecule has 162 valence electrons. The zero-order chi connectivity index (χ0) is 22.2. The number of rotatable bonds is 9. The van der Waals surface area contributed by atoms with Gasteiger partial charge in [0, 0.05) is 23.5 Å². The lowest BCUT2D eigenvalue weighted by Gasteiger charge is -2.28. The normalized spacial score (nSPS) is 10.7. The van der Waals surface area contributed by atoms with E-state index in [0.717, 1.165) is 22.4 Å². The van der Waals surface area contributed by atoms with Crippen LogP contribution in [0.4, 0.5) is 4.39 Å². The summed E-state index contributed by atoms with van der Waals surface area (Å²) in [4.78, 5) is 30.8. The van der Waals surface area contributed by atoms with Gasteiger partial charge in [-0.15, -0.1) is 11.3 Å². The predicted octanol–water partition coefficient (Wildman–Crippen LogP) is 5.28. The third-order valence-corrected chi connectivity index (χ3v) is 6.08. The second-order valence-corrected chi connectivity index (χ2v) is 8.50. The van der Waals surface area contributed by atoms with Crippen molar-refractivity contribution < 1.29 is 14.0 Å². The van der Waals surface area contributed by atoms with E-state index in [4.69, 9.17) is 0 Å². The molecule has 0 atom stereocenters. The molecule has 6 heteroatoms. The van der Waals surface area contributed by atoms with Crippen LogP contribution in [0.15, 0.2) is 66.0 Å². The highest BCUT2D eigenvalue weighted by atomic mass is 32.1. The van der Waals surface area contributed by atoms with Gasteiger partial charge in [-0.25, -0.2) is 4.39 Å². The quantitative estimate of drug-likeness (QED) is 0.456. The number of hydrogen-bond donors (Lipinski definition) is 0. The average molecular weight is 439 g/mol. The molecule has 31 heavy (non-hydrogen) atoms. The smallest absolute Gasteiger partial charge is 0.254 e. The third kappa shape index (κ3) is 6.25. The molecular weight excluding hydrogens is 411 g/mol. The van der Waals surface area contributed by atoms with Crippen LogP contribution < -0.4 is 0 Å². The number of carbonyl (C=O) groups excluding carboxylic acids is 2. The molecule has 2 amide bonds. The summed E-state index contributed by atoms with van der Waals surface area (Å²) >= 11 is 1.61. The maximum atomic E-state index is 13.3. The van der Waals surface area contributed by atoms with E-state index in [0.29, 0.717) is 25.2 Å². The molecular formula is C25H27FN2O2S. The molecule has 0 unspecified atom stereocenters. The lowest BCUT2D eigenvalue weighted by Crippen LogP contribution is -2.42. The van der Waals surface area contributed by atoms with E-state index >= 15 is 0 Å². The molecule has 4 nitrogen and oxygen atoms in total. The molecule has 3 rings (SSSR count). The summed E-state index contributed by atoms with van der Waals surface area (Å²) in [5.74, 6) is -0.585. The SMILES string of the molecule is CCCN(CC(=O)N(Cc1ccc(F)cc1)Cc1sccc1C)C(=O)c1ccccc1. The number of hydrogen-bond acceptors (Lipinski definition) is 3. The van der Waals surface area contributed by atoms with Crippen molar-refractivity contribution in [2.45, 2.75) is 33.4 Å². The molecule has 0 bridgehead atoms. The van der Waals surface area contributed by atoms with E-state index in [-0.39, 0.29) is 24.2 Å². The van der Waals surface area contributed by atoms with Crippen LogP contribution in [-0.4, -0.2) is 34.7 Å². The summed E-state index contributed by atoms with van der Waals surface area (Å²) < 4.78 is 13.3. The maximum absolute atomic E-state index is 13.3. The largest absolute Gasteiger partial charge is 0.332 e. The Morgan fingerprint density at radius 2 is 1.65 bits per heavy atom. The fourth-order valence-electron chi connectivity index (χ4n) is 3.33. The first-order valence-electron chi connectivity index (χ1n) is 10.4. The predicted molar refractivity (Wildman–Crippen MR) is 122 cm³/mol. The summed E-state index contributed by atoms with van der Waals surface area (Å²) in [7, 11) is 0. The van der Waals surface area contributed by atoms with E-state index in [2.05, 4.69) is 0 Å². The summed E-state index contributed by atoms with van der Waals surface area (Å²) in [6, 6.07) is 17.2. The Hall–Kier alpha value is -2.99. The highest BCUT2D eigenvalue weighted by Crippen LogP contribution is 2.20. The van der Waals surface area contributed by atoms with Crippen LogP contribution in [0, 0.1) is 12.7 Å². The maximum Gasteiger partial charge on any atom is 0.254 e. The number of halogens is 1. The Kier molecular flexibility index (Phi) is 7.95. The van der Waals surface area contributed by atoms with Gasteiger partial charge in [-0.05, 0) is 60.2 Å². The Morgan fingerprint density at radius 3 is 2.26 bits per heavy atom. The van der Waals surface area contributed by atoms with Crippen LogP contribution >= 0.6 is 11.3 Å². The third-order valence-electron chi connectivity index (χ3n) is 5.07. The van der Waals surface area contributed by atoms with E-state index in [1.165, 1.54) is 12.1 Å². The topological polar surface area (TPSA) is 40.6 Å². The van der Waals surface area contributed by atoms with Crippen LogP contribution in [0.1, 0.15) is 39.7 Å². The molecule has 0 aliphatic rings. The molecule has 2 aromatic carbocycles. The molecule has 1 aromatic heterocycles. The van der Waals surface area contributed by atoms with Gasteiger partial charge >= 0.3 is 0 Å². The van der Waals surface area contributed by atoms with Crippen LogP contribution in [0.2, 0.25) is 0 Å². The second-order valence-electron chi connectivity index (χ2n) is 7.50. The molecule has 0 N–H and O–H groups in total. The highest BCUT2D eigenvalue weighted by molar-refractivity contribution is 7.10. The molecule has 0 fully saturated rings. The van der Waals surface area contributed by atoms with E-state index < -0.39 is 0 Å². The van der Waals surface area contributed by atoms with Gasteiger partial charge in [-0.2, -0.15) is 0 Å². The fourth-order valence-corrected chi connectivity index (χ4v) is 4.25. The Balaban J connectivity index is 1.80. The molecule has 0 spiro atoms. The highest BCUT2D eigenvalue weighted by Gasteiger charge is 2.23. The lowest BCUT2D eigenvalue weighted by molar-refractivity contribution is -0.133. The van der Waals surface area contributed by atoms with Crippen LogP contribution in [0.25, 0.3) is 0 Å². The Morgan fingerprint density at radius 1 is 0.935 bits per heavy atom. The van der Waals surface area contributed by atoms with Crippen molar-refractivity contribution in [1.82, 2.24) is 9.80 Å². The van der Waals surface area contributed by atoms with E-state index in [1.54, 1.807) is 45.4 Å². The van der Waals surface area contributed by atoms with Crippen LogP contribution in [-0.2, 0) is 17.9 Å². The van der Waals surface area contributed by atoms with Gasteiger partial charge in [-0.3, -0.25) is 9.59 Å². The van der Waals surface area contributed by atoms with Crippen molar-refractivity contribution in [2.24, 2.45) is 0 Å². The first kappa shape index (κ1) is 22.7. The van der Waals surface area contributed by atoms with Crippen molar-refractivity contribution in [2.75, 3.05) is 13.1 Å². The average Bonchev–Trinajstić information content (AvgIpc) is 3.19. The number of carbonyl (C=O) groups is 2. The van der Waals surface area contributed by atoms with Gasteiger partial charge in [0.2, 0.25) is 5.91 Å². The minimum Gasteiger partial charge on any atom is -0.332 e. The van der Waals surface area contributed by atoms with E-state index in [9.17, 15) is 14.0 Å². The Bertz CT molecular complexity index is 1000. The molecule has 3 aromatic rings. The molecule has 0 saturated heterocycles. The summed E-state index contributed by atoms with van der Waals surface area (Å²) in [6.07, 6.45) is 0.758. The molecule has 0 radical (unpaired) electrons. The van der Waals surface area contributed by atoms with Gasteiger partial charge < -0.3 is 9.80 Å². The number of nitrogens with zero attached hydrogens (tertiary/aromatic N) is 2. The monoisotopic (exact) mass is 438 g/mol. The molecule has 0 saturated carbocycles. The molecule has 1 heterocycles. The number of benzene rings is 2. The second kappa shape index (κ2) is 10.9. The van der Waals surface area contributed by atoms with E-state index in [1.807, 2.05) is 43.5 Å². The van der Waals surface area contributed by atoms with Gasteiger partial charge in [-0.1, -0.05) is 37.3 Å². The molecule has 0 aliphatic carbocycles. The van der Waals surface area contributed by atoms with Crippen LogP contribution in [0.3, 0.4) is 0 Å². The van der Waals surface area contributed by atoms with Crippen molar-refractivity contribution in [3.05, 3.63) is 93.4 Å². The number of aryl methyl sites for hydroxylation is 1. The zero-order valence-electron chi connectivity index (χ0n) is 17.9. The van der Waals surface area contributed by atoms with Gasteiger partial charge in [0.05, 0.1) is 6.54 Å². The summed E-state index contributed by atoms with van der Waals surface area (Å²) in [5, 5.41) is 2.01. The standard InChI is InChI=1S/C25H27FN2O2S/c1-3-14-27(25(30)21-7-5-4-6-8-21)18-24(29)28(17-23-19(2)13-15-31-23)16-20-9-11-22(26)12-10-20/h4-13,15H,3,14,16-18H2,1-2H3. The number of thiophene rings is 1. The minimum atomic E-state index is -0.307. The van der Waals surface area contributed by atoms with Crippen molar-refractivity contribution in [3.63, 3.8) is 0 Å². The fraction of sp³-hybridized carbons (Fsp3) is 0.280. The minimum absolute atomic E-state index is 0.00713.